The summed E-state index contributed by atoms with van der Waals surface area (Å²) >= 11 is 5.92. The molecule has 0 fully saturated rings. The Bertz CT molecular complexity index is 650. The van der Waals surface area contributed by atoms with Gasteiger partial charge in [-0.25, -0.2) is 4.98 Å². The summed E-state index contributed by atoms with van der Waals surface area (Å²) in [6, 6.07) is 7.22. The first-order chi connectivity index (χ1) is 9.61. The molecule has 3 rings (SSSR count). The first-order valence-electron chi connectivity index (χ1n) is 6.72. The number of nitrogens with zero attached hydrogens (tertiary/aromatic N) is 1. The van der Waals surface area contributed by atoms with E-state index < -0.39 is 0 Å². The van der Waals surface area contributed by atoms with Gasteiger partial charge in [0, 0.05) is 28.7 Å². The highest BCUT2D eigenvalue weighted by Gasteiger charge is 2.26. The van der Waals surface area contributed by atoms with Crippen LogP contribution in [0.25, 0.3) is 0 Å². The number of hydrogen-bond acceptors (Lipinski definition) is 2. The van der Waals surface area contributed by atoms with E-state index in [9.17, 15) is 4.79 Å². The van der Waals surface area contributed by atoms with Crippen LogP contribution in [0.5, 0.6) is 0 Å². The third-order valence-electron chi connectivity index (χ3n) is 3.63. The average Bonchev–Trinajstić information content (AvgIpc) is 2.77. The predicted molar refractivity (Wildman–Crippen MR) is 78.9 cm³/mol. The highest BCUT2D eigenvalue weighted by Crippen LogP contribution is 2.25. The van der Waals surface area contributed by atoms with Gasteiger partial charge in [-0.1, -0.05) is 17.7 Å². The number of carbonyl (C=O) groups is 1. The third-order valence-corrected chi connectivity index (χ3v) is 3.86. The fourth-order valence-corrected chi connectivity index (χ4v) is 2.85. The summed E-state index contributed by atoms with van der Waals surface area (Å²) in [5.74, 6) is 0.956. The molecule has 5 heteroatoms. The number of rotatable bonds is 2. The number of nitrogens with one attached hydrogen (secondary N) is 2. The van der Waals surface area contributed by atoms with Crippen LogP contribution in [0.15, 0.2) is 24.3 Å². The normalized spacial score (nSPS) is 17.6. The van der Waals surface area contributed by atoms with E-state index in [0.29, 0.717) is 5.02 Å². The summed E-state index contributed by atoms with van der Waals surface area (Å²) in [6.07, 6.45) is 2.42. The number of hydrogen-bond donors (Lipinski definition) is 2. The number of H-pyrrole nitrogens is 1. The van der Waals surface area contributed by atoms with E-state index in [1.54, 1.807) is 12.1 Å². The summed E-state index contributed by atoms with van der Waals surface area (Å²) in [5.41, 5.74) is 2.95. The number of aryl methyl sites for hydroxylation is 2. The number of halogens is 1. The highest BCUT2D eigenvalue weighted by molar-refractivity contribution is 6.30. The van der Waals surface area contributed by atoms with Gasteiger partial charge in [-0.05, 0) is 38.0 Å². The second-order valence-corrected chi connectivity index (χ2v) is 5.62. The van der Waals surface area contributed by atoms with Crippen molar-refractivity contribution in [2.75, 3.05) is 5.32 Å². The third kappa shape index (κ3) is 2.70. The zero-order chi connectivity index (χ0) is 14.1. The van der Waals surface area contributed by atoms with Gasteiger partial charge in [-0.2, -0.15) is 0 Å². The second-order valence-electron chi connectivity index (χ2n) is 5.19. The summed E-state index contributed by atoms with van der Waals surface area (Å²) in [4.78, 5) is 20.0. The molecule has 0 radical (unpaired) electrons. The maximum absolute atomic E-state index is 12.3. The van der Waals surface area contributed by atoms with E-state index in [1.807, 2.05) is 19.1 Å². The molecule has 1 unspecified atom stereocenters. The molecule has 1 aromatic carbocycles. The number of amides is 1. The van der Waals surface area contributed by atoms with Crippen molar-refractivity contribution in [2.24, 2.45) is 5.92 Å². The van der Waals surface area contributed by atoms with Gasteiger partial charge in [-0.3, -0.25) is 4.79 Å². The Morgan fingerprint density at radius 2 is 2.35 bits per heavy atom. The van der Waals surface area contributed by atoms with Crippen LogP contribution in [0.1, 0.15) is 23.6 Å². The van der Waals surface area contributed by atoms with E-state index >= 15 is 0 Å². The minimum Gasteiger partial charge on any atom is -0.346 e. The van der Waals surface area contributed by atoms with E-state index in [0.717, 1.165) is 42.2 Å². The van der Waals surface area contributed by atoms with Crippen LogP contribution in [-0.2, 0) is 17.6 Å². The molecule has 4 nitrogen and oxygen atoms in total. The van der Waals surface area contributed by atoms with Crippen LogP contribution in [0.2, 0.25) is 5.02 Å². The van der Waals surface area contributed by atoms with Crippen LogP contribution < -0.4 is 5.32 Å². The van der Waals surface area contributed by atoms with Gasteiger partial charge in [0.1, 0.15) is 5.82 Å². The summed E-state index contributed by atoms with van der Waals surface area (Å²) < 4.78 is 0. The average molecular weight is 290 g/mol. The molecule has 0 saturated carbocycles. The molecule has 2 N–H and O–H groups in total. The van der Waals surface area contributed by atoms with E-state index in [2.05, 4.69) is 15.3 Å². The lowest BCUT2D eigenvalue weighted by molar-refractivity contribution is -0.120. The molecule has 20 heavy (non-hydrogen) atoms. The maximum atomic E-state index is 12.3. The number of aromatic nitrogens is 2. The van der Waals surface area contributed by atoms with Gasteiger partial charge in [-0.15, -0.1) is 0 Å². The summed E-state index contributed by atoms with van der Waals surface area (Å²) in [6.45, 7) is 1.94. The Morgan fingerprint density at radius 3 is 3.15 bits per heavy atom. The van der Waals surface area contributed by atoms with Gasteiger partial charge in [0.05, 0.1) is 5.69 Å². The van der Waals surface area contributed by atoms with Crippen LogP contribution in [0.4, 0.5) is 5.69 Å². The Hall–Kier alpha value is -1.81. The Labute approximate surface area is 122 Å². The molecule has 1 aliphatic rings. The highest BCUT2D eigenvalue weighted by atomic mass is 35.5. The molecule has 1 aliphatic carbocycles. The molecule has 1 amide bonds. The minimum atomic E-state index is -0.0127. The lowest BCUT2D eigenvalue weighted by Gasteiger charge is -2.20. The number of carbonyl (C=O) groups excluding carboxylic acids is 1. The number of imidazole rings is 1. The largest absolute Gasteiger partial charge is 0.346 e. The maximum Gasteiger partial charge on any atom is 0.227 e. The van der Waals surface area contributed by atoms with E-state index in [-0.39, 0.29) is 11.8 Å². The van der Waals surface area contributed by atoms with Crippen LogP contribution in [0, 0.1) is 12.8 Å². The minimum absolute atomic E-state index is 0.0127. The zero-order valence-electron chi connectivity index (χ0n) is 11.2. The van der Waals surface area contributed by atoms with Gasteiger partial charge in [0.15, 0.2) is 0 Å². The predicted octanol–water partition coefficient (Wildman–Crippen LogP) is 3.12. The smallest absolute Gasteiger partial charge is 0.227 e. The van der Waals surface area contributed by atoms with E-state index in [4.69, 9.17) is 11.6 Å². The van der Waals surface area contributed by atoms with Crippen molar-refractivity contribution in [2.45, 2.75) is 26.2 Å². The molecular weight excluding hydrogens is 274 g/mol. The molecule has 1 atom stereocenters. The molecule has 1 heterocycles. The van der Waals surface area contributed by atoms with Crippen molar-refractivity contribution >= 4 is 23.2 Å². The second kappa shape index (κ2) is 5.29. The molecule has 0 bridgehead atoms. The fourth-order valence-electron chi connectivity index (χ4n) is 2.66. The lowest BCUT2D eigenvalue weighted by Crippen LogP contribution is -2.28. The molecular formula is C15H16ClN3O. The van der Waals surface area contributed by atoms with Crippen molar-refractivity contribution in [3.63, 3.8) is 0 Å². The Kier molecular flexibility index (Phi) is 3.49. The quantitative estimate of drug-likeness (QED) is 0.892. The molecule has 1 aromatic heterocycles. The number of aromatic amines is 1. The van der Waals surface area contributed by atoms with Gasteiger partial charge >= 0.3 is 0 Å². The van der Waals surface area contributed by atoms with Crippen molar-refractivity contribution in [3.8, 4) is 0 Å². The monoisotopic (exact) mass is 289 g/mol. The van der Waals surface area contributed by atoms with Crippen molar-refractivity contribution < 1.29 is 4.79 Å². The number of benzene rings is 1. The van der Waals surface area contributed by atoms with Crippen molar-refractivity contribution in [1.82, 2.24) is 9.97 Å². The Morgan fingerprint density at radius 1 is 1.50 bits per heavy atom. The van der Waals surface area contributed by atoms with Crippen molar-refractivity contribution in [1.29, 1.82) is 0 Å². The molecule has 2 aromatic rings. The van der Waals surface area contributed by atoms with Crippen LogP contribution >= 0.6 is 11.6 Å². The first kappa shape index (κ1) is 13.2. The first-order valence-corrected chi connectivity index (χ1v) is 7.10. The lowest BCUT2D eigenvalue weighted by atomic mass is 9.89. The summed E-state index contributed by atoms with van der Waals surface area (Å²) in [5, 5.41) is 3.56. The van der Waals surface area contributed by atoms with E-state index in [1.165, 1.54) is 0 Å². The zero-order valence-corrected chi connectivity index (χ0v) is 12.0. The van der Waals surface area contributed by atoms with Gasteiger partial charge in [0.25, 0.3) is 0 Å². The molecule has 0 spiro atoms. The topological polar surface area (TPSA) is 57.8 Å². The SMILES string of the molecule is Cc1nc2c([nH]1)CC(C(=O)Nc1cccc(Cl)c1)CC2. The molecule has 104 valence electrons. The fraction of sp³-hybridized carbons (Fsp3) is 0.333. The van der Waals surface area contributed by atoms with Gasteiger partial charge < -0.3 is 10.3 Å². The summed E-state index contributed by atoms with van der Waals surface area (Å²) in [7, 11) is 0. The van der Waals surface area contributed by atoms with Crippen LogP contribution in [0.3, 0.4) is 0 Å². The number of anilines is 1. The van der Waals surface area contributed by atoms with Gasteiger partial charge in [0.2, 0.25) is 5.91 Å². The molecule has 0 saturated heterocycles. The van der Waals surface area contributed by atoms with Crippen molar-refractivity contribution in [3.05, 3.63) is 46.5 Å². The standard InChI is InChI=1S/C15H16ClN3O/c1-9-17-13-6-5-10(7-14(13)18-9)15(20)19-12-4-2-3-11(16)8-12/h2-4,8,10H,5-7H2,1H3,(H,17,18)(H,19,20). The molecule has 0 aliphatic heterocycles. The number of fused-ring (bicyclic) bond motifs is 1. The van der Waals surface area contributed by atoms with Crippen LogP contribution in [-0.4, -0.2) is 15.9 Å². The Balaban J connectivity index is 1.70.